The van der Waals surface area contributed by atoms with Crippen LogP contribution in [0.25, 0.3) is 21.7 Å². The summed E-state index contributed by atoms with van der Waals surface area (Å²) in [6, 6.07) is 20.4. The van der Waals surface area contributed by atoms with E-state index < -0.39 is 0 Å². The Kier molecular flexibility index (Phi) is 3.95. The summed E-state index contributed by atoms with van der Waals surface area (Å²) in [6.07, 6.45) is 0. The van der Waals surface area contributed by atoms with E-state index in [0.717, 1.165) is 34.2 Å². The number of hydrogen-bond acceptors (Lipinski definition) is 4. The molecule has 1 unspecified atom stereocenters. The van der Waals surface area contributed by atoms with E-state index in [0.29, 0.717) is 17.7 Å². The number of hydrogen-bond donors (Lipinski definition) is 0. The predicted molar refractivity (Wildman–Crippen MR) is 111 cm³/mol. The molecule has 0 amide bonds. The summed E-state index contributed by atoms with van der Waals surface area (Å²) in [5, 5.41) is 2.50. The quantitative estimate of drug-likeness (QED) is 0.360. The molecule has 4 aromatic rings. The average Bonchev–Trinajstić information content (AvgIpc) is 2.75. The summed E-state index contributed by atoms with van der Waals surface area (Å²) in [5.41, 5.74) is 3.59. The zero-order valence-corrected chi connectivity index (χ0v) is 15.9. The fourth-order valence-corrected chi connectivity index (χ4v) is 4.15. The monoisotopic (exact) mass is 371 g/mol. The summed E-state index contributed by atoms with van der Waals surface area (Å²) in [4.78, 5) is 14.7. The number of nitrogens with zero attached hydrogens (tertiary/aromatic N) is 1. The van der Waals surface area contributed by atoms with Crippen LogP contribution in [0.15, 0.2) is 69.9 Å². The molecule has 0 aliphatic carbocycles. The summed E-state index contributed by atoms with van der Waals surface area (Å²) >= 11 is 0. The lowest BCUT2D eigenvalue weighted by Gasteiger charge is -2.34. The number of ether oxygens (including phenoxy) is 1. The fraction of sp³-hybridized carbons (Fsp3) is 0.208. The third-order valence-corrected chi connectivity index (χ3v) is 5.75. The normalized spacial score (nSPS) is 15.4. The lowest BCUT2D eigenvalue weighted by molar-refractivity contribution is 0.0613. The van der Waals surface area contributed by atoms with Gasteiger partial charge in [-0.3, -0.25) is 4.90 Å². The van der Waals surface area contributed by atoms with Crippen LogP contribution in [0.3, 0.4) is 0 Å². The minimum Gasteiger partial charge on any atom is -0.477 e. The van der Waals surface area contributed by atoms with Crippen LogP contribution in [0.1, 0.15) is 29.7 Å². The van der Waals surface area contributed by atoms with Gasteiger partial charge in [0.25, 0.3) is 0 Å². The summed E-state index contributed by atoms with van der Waals surface area (Å²) < 4.78 is 11.8. The molecule has 0 fully saturated rings. The molecule has 1 atom stereocenters. The summed E-state index contributed by atoms with van der Waals surface area (Å²) in [6.45, 7) is 5.46. The second-order valence-electron chi connectivity index (χ2n) is 7.41. The Bertz CT molecular complexity index is 1240. The molecule has 0 spiro atoms. The first kappa shape index (κ1) is 17.0. The SMILES string of the molecule is Cc1c2c(cc3c1oc(=O)c1ccccc13)CN(C(C)c1ccccc1)CO2. The molecule has 0 bridgehead atoms. The number of rotatable bonds is 2. The van der Waals surface area contributed by atoms with Gasteiger partial charge in [-0.25, -0.2) is 4.79 Å². The molecule has 1 aliphatic rings. The van der Waals surface area contributed by atoms with Crippen LogP contribution in [0, 0.1) is 6.92 Å². The first-order valence-corrected chi connectivity index (χ1v) is 9.53. The Balaban J connectivity index is 1.64. The van der Waals surface area contributed by atoms with E-state index in [1.54, 1.807) is 0 Å². The van der Waals surface area contributed by atoms with Crippen LogP contribution < -0.4 is 10.4 Å². The maximum Gasteiger partial charge on any atom is 0.344 e. The van der Waals surface area contributed by atoms with Crippen LogP contribution in [0.2, 0.25) is 0 Å². The first-order valence-electron chi connectivity index (χ1n) is 9.53. The molecule has 140 valence electrons. The molecule has 3 aromatic carbocycles. The van der Waals surface area contributed by atoms with Gasteiger partial charge in [-0.1, -0.05) is 48.5 Å². The second-order valence-corrected chi connectivity index (χ2v) is 7.41. The van der Waals surface area contributed by atoms with E-state index in [9.17, 15) is 4.79 Å². The van der Waals surface area contributed by atoms with Gasteiger partial charge in [-0.2, -0.15) is 0 Å². The van der Waals surface area contributed by atoms with E-state index in [1.807, 2.05) is 37.3 Å². The molecular weight excluding hydrogens is 350 g/mol. The van der Waals surface area contributed by atoms with Crippen LogP contribution in [-0.2, 0) is 6.54 Å². The van der Waals surface area contributed by atoms with Gasteiger partial charge in [0.05, 0.1) is 5.39 Å². The van der Waals surface area contributed by atoms with E-state index >= 15 is 0 Å². The van der Waals surface area contributed by atoms with Crippen LogP contribution >= 0.6 is 0 Å². The molecule has 4 heteroatoms. The summed E-state index contributed by atoms with van der Waals surface area (Å²) in [7, 11) is 0. The third-order valence-electron chi connectivity index (χ3n) is 5.75. The Labute approximate surface area is 163 Å². The van der Waals surface area contributed by atoms with Gasteiger partial charge in [0.2, 0.25) is 0 Å². The Hall–Kier alpha value is -3.11. The van der Waals surface area contributed by atoms with Gasteiger partial charge in [0.1, 0.15) is 18.1 Å². The van der Waals surface area contributed by atoms with Gasteiger partial charge in [0.15, 0.2) is 0 Å². The van der Waals surface area contributed by atoms with Crippen molar-refractivity contribution in [2.75, 3.05) is 6.73 Å². The molecular formula is C24H21NO3. The topological polar surface area (TPSA) is 42.7 Å². The Morgan fingerprint density at radius 2 is 1.68 bits per heavy atom. The smallest absolute Gasteiger partial charge is 0.344 e. The van der Waals surface area contributed by atoms with E-state index in [-0.39, 0.29) is 11.7 Å². The molecule has 0 saturated heterocycles. The maximum atomic E-state index is 12.4. The molecule has 0 saturated carbocycles. The van der Waals surface area contributed by atoms with Crippen molar-refractivity contribution in [1.29, 1.82) is 0 Å². The molecule has 0 N–H and O–H groups in total. The number of benzene rings is 3. The van der Waals surface area contributed by atoms with Crippen molar-refractivity contribution in [3.8, 4) is 5.75 Å². The lowest BCUT2D eigenvalue weighted by Crippen LogP contribution is -2.34. The van der Waals surface area contributed by atoms with E-state index in [2.05, 4.69) is 42.2 Å². The predicted octanol–water partition coefficient (Wildman–Crippen LogP) is 5.17. The standard InChI is InChI=1S/C24H21NO3/c1-15-22-18(13-25(14-27-22)16(2)17-8-4-3-5-9-17)12-21-19-10-6-7-11-20(19)24(26)28-23(15)21/h3-12,16H,13-14H2,1-2H3. The van der Waals surface area contributed by atoms with Crippen molar-refractivity contribution in [2.24, 2.45) is 0 Å². The zero-order chi connectivity index (χ0) is 19.3. The van der Waals surface area contributed by atoms with E-state index in [1.165, 1.54) is 5.56 Å². The van der Waals surface area contributed by atoms with Gasteiger partial charge in [0, 0.05) is 29.1 Å². The van der Waals surface area contributed by atoms with Crippen molar-refractivity contribution in [3.05, 3.63) is 87.8 Å². The lowest BCUT2D eigenvalue weighted by atomic mass is 9.99. The van der Waals surface area contributed by atoms with Crippen molar-refractivity contribution in [1.82, 2.24) is 4.90 Å². The van der Waals surface area contributed by atoms with Crippen LogP contribution in [0.5, 0.6) is 5.75 Å². The highest BCUT2D eigenvalue weighted by Gasteiger charge is 2.26. The Morgan fingerprint density at radius 1 is 0.964 bits per heavy atom. The number of aryl methyl sites for hydroxylation is 1. The maximum absolute atomic E-state index is 12.4. The zero-order valence-electron chi connectivity index (χ0n) is 15.9. The van der Waals surface area contributed by atoms with Crippen molar-refractivity contribution >= 4 is 21.7 Å². The third kappa shape index (κ3) is 2.60. The highest BCUT2D eigenvalue weighted by atomic mass is 16.5. The minimum absolute atomic E-state index is 0.246. The average molecular weight is 371 g/mol. The van der Waals surface area contributed by atoms with Crippen molar-refractivity contribution in [2.45, 2.75) is 26.4 Å². The van der Waals surface area contributed by atoms with Gasteiger partial charge < -0.3 is 9.15 Å². The van der Waals surface area contributed by atoms with Crippen molar-refractivity contribution in [3.63, 3.8) is 0 Å². The van der Waals surface area contributed by atoms with Gasteiger partial charge in [-0.05, 0) is 36.9 Å². The molecule has 5 rings (SSSR count). The minimum atomic E-state index is -0.304. The van der Waals surface area contributed by atoms with Gasteiger partial charge >= 0.3 is 5.63 Å². The van der Waals surface area contributed by atoms with Crippen molar-refractivity contribution < 1.29 is 9.15 Å². The molecule has 0 radical (unpaired) electrons. The molecule has 2 heterocycles. The number of fused-ring (bicyclic) bond motifs is 4. The van der Waals surface area contributed by atoms with Gasteiger partial charge in [-0.15, -0.1) is 0 Å². The van der Waals surface area contributed by atoms with E-state index in [4.69, 9.17) is 9.15 Å². The molecule has 4 nitrogen and oxygen atoms in total. The fourth-order valence-electron chi connectivity index (χ4n) is 4.15. The van der Waals surface area contributed by atoms with Crippen LogP contribution in [0.4, 0.5) is 0 Å². The molecule has 1 aliphatic heterocycles. The molecule has 1 aromatic heterocycles. The van der Waals surface area contributed by atoms with Crippen LogP contribution in [-0.4, -0.2) is 11.6 Å². The largest absolute Gasteiger partial charge is 0.477 e. The summed E-state index contributed by atoms with van der Waals surface area (Å²) in [5.74, 6) is 0.836. The molecule has 28 heavy (non-hydrogen) atoms. The first-order chi connectivity index (χ1) is 13.6. The second kappa shape index (κ2) is 6.50. The Morgan fingerprint density at radius 3 is 2.46 bits per heavy atom. The highest BCUT2D eigenvalue weighted by molar-refractivity contribution is 6.06. The highest BCUT2D eigenvalue weighted by Crippen LogP contribution is 2.38.